The van der Waals surface area contributed by atoms with E-state index >= 15 is 0 Å². The number of hydrogen-bond donors (Lipinski definition) is 1. The Bertz CT molecular complexity index is 716. The van der Waals surface area contributed by atoms with Gasteiger partial charge in [-0.05, 0) is 43.7 Å². The van der Waals surface area contributed by atoms with Crippen LogP contribution in [0.3, 0.4) is 0 Å². The maximum atomic E-state index is 11.8. The third kappa shape index (κ3) is 2.90. The predicted octanol–water partition coefficient (Wildman–Crippen LogP) is 3.78. The zero-order chi connectivity index (χ0) is 14.8. The molecule has 2 N–H and O–H groups in total. The molecule has 0 radical (unpaired) electrons. The van der Waals surface area contributed by atoms with Crippen LogP contribution in [0.15, 0.2) is 29.3 Å². The Morgan fingerprint density at radius 3 is 2.90 bits per heavy atom. The Balaban J connectivity index is 1.98. The van der Waals surface area contributed by atoms with Crippen molar-refractivity contribution in [2.24, 2.45) is 10.7 Å². The van der Waals surface area contributed by atoms with Crippen molar-refractivity contribution in [1.29, 1.82) is 0 Å². The molecule has 1 aromatic carbocycles. The molecule has 0 spiro atoms. The largest absolute Gasteiger partial charge is 0.365 e. The van der Waals surface area contributed by atoms with Gasteiger partial charge >= 0.3 is 0 Å². The van der Waals surface area contributed by atoms with Crippen LogP contribution in [0.5, 0.6) is 0 Å². The second-order valence-corrected chi connectivity index (χ2v) is 6.51. The van der Waals surface area contributed by atoms with Crippen LogP contribution >= 0.6 is 11.3 Å². The van der Waals surface area contributed by atoms with Crippen molar-refractivity contribution in [3.05, 3.63) is 51.4 Å². The molecular weight excluding hydrogens is 280 g/mol. The normalized spacial score (nSPS) is 14.3. The molecule has 0 atom stereocenters. The lowest BCUT2D eigenvalue weighted by Gasteiger charge is -2.10. The van der Waals surface area contributed by atoms with Crippen LogP contribution < -0.4 is 5.73 Å². The molecule has 0 saturated carbocycles. The Morgan fingerprint density at radius 1 is 1.33 bits per heavy atom. The fourth-order valence-corrected chi connectivity index (χ4v) is 4.02. The summed E-state index contributed by atoms with van der Waals surface area (Å²) in [4.78, 5) is 17.6. The molecule has 1 heterocycles. The summed E-state index contributed by atoms with van der Waals surface area (Å²) in [5, 5.41) is 0.760. The highest BCUT2D eigenvalue weighted by Gasteiger charge is 2.23. The van der Waals surface area contributed by atoms with E-state index in [1.807, 2.05) is 18.3 Å². The lowest BCUT2D eigenvalue weighted by atomic mass is 9.95. The van der Waals surface area contributed by atoms with E-state index in [9.17, 15) is 4.79 Å². The smallest absolute Gasteiger partial charge is 0.252 e. The minimum atomic E-state index is -0.356. The maximum absolute atomic E-state index is 11.8. The summed E-state index contributed by atoms with van der Waals surface area (Å²) < 4.78 is 0. The number of fused-ring (bicyclic) bond motifs is 1. The first kappa shape index (κ1) is 14.0. The fraction of sp³-hybridized carbons (Fsp3) is 0.294. The van der Waals surface area contributed by atoms with Crippen LogP contribution in [0, 0.1) is 6.92 Å². The minimum absolute atomic E-state index is 0.356. The van der Waals surface area contributed by atoms with Crippen LogP contribution in [-0.2, 0) is 12.8 Å². The van der Waals surface area contributed by atoms with Gasteiger partial charge in [0.1, 0.15) is 5.00 Å². The lowest BCUT2D eigenvalue weighted by molar-refractivity contribution is 0.100. The number of hydrogen-bond acceptors (Lipinski definition) is 3. The Hall–Kier alpha value is -1.94. The molecule has 2 aromatic rings. The summed E-state index contributed by atoms with van der Waals surface area (Å²) in [5.74, 6) is -0.356. The molecule has 108 valence electrons. The van der Waals surface area contributed by atoms with E-state index in [0.717, 1.165) is 35.4 Å². The molecule has 1 amide bonds. The van der Waals surface area contributed by atoms with Crippen molar-refractivity contribution in [2.45, 2.75) is 32.6 Å². The first-order valence-corrected chi connectivity index (χ1v) is 8.02. The van der Waals surface area contributed by atoms with Crippen molar-refractivity contribution in [1.82, 2.24) is 0 Å². The minimum Gasteiger partial charge on any atom is -0.365 e. The monoisotopic (exact) mass is 298 g/mol. The number of amides is 1. The third-order valence-electron chi connectivity index (χ3n) is 3.77. The number of aliphatic imine (C=N–C) groups is 1. The first-order valence-electron chi connectivity index (χ1n) is 7.20. The number of primary amides is 1. The van der Waals surface area contributed by atoms with E-state index in [1.165, 1.54) is 16.9 Å². The summed E-state index contributed by atoms with van der Waals surface area (Å²) in [7, 11) is 0. The summed E-state index contributed by atoms with van der Waals surface area (Å²) >= 11 is 1.61. The molecule has 3 nitrogen and oxygen atoms in total. The number of benzene rings is 1. The Labute approximate surface area is 128 Å². The second-order valence-electron chi connectivity index (χ2n) is 5.43. The van der Waals surface area contributed by atoms with Crippen molar-refractivity contribution in [3.8, 4) is 0 Å². The number of carbonyl (C=O) groups excluding carboxylic acids is 1. The van der Waals surface area contributed by atoms with E-state index in [2.05, 4.69) is 24.0 Å². The molecular formula is C17H18N2OS. The van der Waals surface area contributed by atoms with Crippen LogP contribution in [0.1, 0.15) is 44.8 Å². The molecule has 4 heteroatoms. The van der Waals surface area contributed by atoms with Gasteiger partial charge in [0.2, 0.25) is 0 Å². The van der Waals surface area contributed by atoms with Gasteiger partial charge in [0.05, 0.1) is 5.56 Å². The van der Waals surface area contributed by atoms with Gasteiger partial charge in [-0.15, -0.1) is 11.3 Å². The SMILES string of the molecule is Cc1cccc(/C=N/c2sc3c(c2C(N)=O)CCCC3)c1. The fourth-order valence-electron chi connectivity index (χ4n) is 2.78. The van der Waals surface area contributed by atoms with Gasteiger partial charge in [0.25, 0.3) is 5.91 Å². The molecule has 0 bridgehead atoms. The van der Waals surface area contributed by atoms with Gasteiger partial charge in [-0.1, -0.05) is 29.8 Å². The van der Waals surface area contributed by atoms with Crippen molar-refractivity contribution < 1.29 is 4.79 Å². The van der Waals surface area contributed by atoms with E-state index in [0.29, 0.717) is 5.56 Å². The van der Waals surface area contributed by atoms with Gasteiger partial charge in [0, 0.05) is 11.1 Å². The Morgan fingerprint density at radius 2 is 2.14 bits per heavy atom. The number of thiophene rings is 1. The topological polar surface area (TPSA) is 55.4 Å². The molecule has 3 rings (SSSR count). The van der Waals surface area contributed by atoms with Crippen molar-refractivity contribution in [3.63, 3.8) is 0 Å². The molecule has 1 aliphatic rings. The summed E-state index contributed by atoms with van der Waals surface area (Å²) in [6, 6.07) is 8.13. The standard InChI is InChI=1S/C17H18N2OS/c1-11-5-4-6-12(9-11)10-19-17-15(16(18)20)13-7-2-3-8-14(13)21-17/h4-6,9-10H,2-3,7-8H2,1H3,(H2,18,20)/b19-10+. The van der Waals surface area contributed by atoms with Crippen molar-refractivity contribution >= 4 is 28.5 Å². The maximum Gasteiger partial charge on any atom is 0.252 e. The molecule has 1 aromatic heterocycles. The van der Waals surface area contributed by atoms with Gasteiger partial charge in [-0.3, -0.25) is 4.79 Å². The van der Waals surface area contributed by atoms with Gasteiger partial charge in [-0.25, -0.2) is 4.99 Å². The lowest BCUT2D eigenvalue weighted by Crippen LogP contribution is -2.14. The van der Waals surface area contributed by atoms with Gasteiger partial charge in [-0.2, -0.15) is 0 Å². The number of carbonyl (C=O) groups is 1. The highest BCUT2D eigenvalue weighted by molar-refractivity contribution is 7.16. The van der Waals surface area contributed by atoms with Crippen LogP contribution in [0.4, 0.5) is 5.00 Å². The number of nitrogens with zero attached hydrogens (tertiary/aromatic N) is 1. The first-order chi connectivity index (χ1) is 10.1. The zero-order valence-electron chi connectivity index (χ0n) is 12.1. The van der Waals surface area contributed by atoms with Gasteiger partial charge < -0.3 is 5.73 Å². The summed E-state index contributed by atoms with van der Waals surface area (Å²) in [6.07, 6.45) is 6.12. The van der Waals surface area contributed by atoms with Crippen LogP contribution in [0.25, 0.3) is 0 Å². The Kier molecular flexibility index (Phi) is 3.88. The number of nitrogens with two attached hydrogens (primary N) is 1. The van der Waals surface area contributed by atoms with Gasteiger partial charge in [0.15, 0.2) is 0 Å². The molecule has 0 unspecified atom stereocenters. The third-order valence-corrected chi connectivity index (χ3v) is 4.97. The highest BCUT2D eigenvalue weighted by atomic mass is 32.1. The number of rotatable bonds is 3. The second kappa shape index (κ2) is 5.82. The van der Waals surface area contributed by atoms with Crippen molar-refractivity contribution in [2.75, 3.05) is 0 Å². The van der Waals surface area contributed by atoms with E-state index in [1.54, 1.807) is 11.3 Å². The quantitative estimate of drug-likeness (QED) is 0.861. The van der Waals surface area contributed by atoms with Crippen LogP contribution in [-0.4, -0.2) is 12.1 Å². The molecule has 0 fully saturated rings. The zero-order valence-corrected chi connectivity index (χ0v) is 12.9. The van der Waals surface area contributed by atoms with E-state index < -0.39 is 0 Å². The highest BCUT2D eigenvalue weighted by Crippen LogP contribution is 2.39. The predicted molar refractivity (Wildman–Crippen MR) is 87.9 cm³/mol. The van der Waals surface area contributed by atoms with E-state index in [-0.39, 0.29) is 5.91 Å². The molecule has 0 saturated heterocycles. The van der Waals surface area contributed by atoms with Crippen LogP contribution in [0.2, 0.25) is 0 Å². The molecule has 21 heavy (non-hydrogen) atoms. The van der Waals surface area contributed by atoms with E-state index in [4.69, 9.17) is 5.73 Å². The molecule has 0 aliphatic heterocycles. The summed E-state index contributed by atoms with van der Waals surface area (Å²) in [5.41, 5.74) is 9.57. The average Bonchev–Trinajstić information content (AvgIpc) is 2.83. The molecule has 1 aliphatic carbocycles. The average molecular weight is 298 g/mol. The summed E-state index contributed by atoms with van der Waals surface area (Å²) in [6.45, 7) is 2.05. The number of aryl methyl sites for hydroxylation is 2.